The average Bonchev–Trinajstić information content (AvgIpc) is 3.06. The third-order valence-electron chi connectivity index (χ3n) is 5.23. The Morgan fingerprint density at radius 2 is 1.60 bits per heavy atom. The highest BCUT2D eigenvalue weighted by Gasteiger charge is 2.28. The van der Waals surface area contributed by atoms with Crippen LogP contribution >= 0.6 is 11.6 Å². The molecule has 0 unspecified atom stereocenters. The van der Waals surface area contributed by atoms with Crippen molar-refractivity contribution in [3.8, 4) is 11.1 Å². The number of fused-ring (bicyclic) bond motifs is 3. The van der Waals surface area contributed by atoms with Crippen molar-refractivity contribution in [1.29, 1.82) is 0 Å². The number of carboxylic acids is 1. The van der Waals surface area contributed by atoms with Crippen molar-refractivity contribution in [3.05, 3.63) is 94.0 Å². The number of rotatable bonds is 6. The van der Waals surface area contributed by atoms with Crippen LogP contribution < -0.4 is 5.32 Å². The summed E-state index contributed by atoms with van der Waals surface area (Å²) in [6, 6.07) is 21.0. The lowest BCUT2D eigenvalue weighted by molar-refractivity contribution is 0.0696. The number of carbonyl (C=O) groups excluding carboxylic acids is 1. The molecule has 152 valence electrons. The fourth-order valence-corrected chi connectivity index (χ4v) is 4.13. The van der Waals surface area contributed by atoms with Crippen LogP contribution in [0.15, 0.2) is 66.7 Å². The molecule has 0 radical (unpaired) electrons. The van der Waals surface area contributed by atoms with Crippen LogP contribution in [0.5, 0.6) is 0 Å². The van der Waals surface area contributed by atoms with Gasteiger partial charge in [0, 0.05) is 17.5 Å². The van der Waals surface area contributed by atoms with E-state index in [9.17, 15) is 9.59 Å². The standard InChI is InChI=1S/C24H20ClNO4/c25-17-12-15(11-16(13-17)23(27)28)9-10-26-24(29)30-14-22-20-7-3-1-5-18(20)19-6-2-4-8-21(19)22/h1-8,11-13,22H,9-10,14H2,(H,26,29)(H,27,28). The van der Waals surface area contributed by atoms with E-state index in [1.165, 1.54) is 17.2 Å². The number of carbonyl (C=O) groups is 2. The first-order valence-corrected chi connectivity index (χ1v) is 10.0. The van der Waals surface area contributed by atoms with E-state index in [0.717, 1.165) is 16.7 Å². The molecule has 0 heterocycles. The molecule has 0 fully saturated rings. The molecule has 0 spiro atoms. The highest BCUT2D eigenvalue weighted by Crippen LogP contribution is 2.44. The number of carboxylic acid groups (broad SMARTS) is 1. The molecule has 4 rings (SSSR count). The van der Waals surface area contributed by atoms with Gasteiger partial charge in [0.2, 0.25) is 0 Å². The van der Waals surface area contributed by atoms with E-state index in [1.807, 2.05) is 24.3 Å². The lowest BCUT2D eigenvalue weighted by Crippen LogP contribution is -2.28. The van der Waals surface area contributed by atoms with Gasteiger partial charge in [0.1, 0.15) is 6.61 Å². The van der Waals surface area contributed by atoms with Crippen molar-refractivity contribution in [2.45, 2.75) is 12.3 Å². The highest BCUT2D eigenvalue weighted by molar-refractivity contribution is 6.31. The fraction of sp³-hybridized carbons (Fsp3) is 0.167. The second-order valence-electron chi connectivity index (χ2n) is 7.16. The van der Waals surface area contributed by atoms with Gasteiger partial charge in [-0.3, -0.25) is 0 Å². The zero-order valence-corrected chi connectivity index (χ0v) is 16.9. The monoisotopic (exact) mass is 421 g/mol. The van der Waals surface area contributed by atoms with Crippen LogP contribution in [0.25, 0.3) is 11.1 Å². The predicted molar refractivity (Wildman–Crippen MR) is 115 cm³/mol. The van der Waals surface area contributed by atoms with Crippen molar-refractivity contribution in [3.63, 3.8) is 0 Å². The number of hydrogen-bond donors (Lipinski definition) is 2. The van der Waals surface area contributed by atoms with Crippen LogP contribution in [0.1, 0.15) is 33.0 Å². The van der Waals surface area contributed by atoms with E-state index in [2.05, 4.69) is 29.6 Å². The summed E-state index contributed by atoms with van der Waals surface area (Å²) in [6.45, 7) is 0.566. The first-order valence-electron chi connectivity index (χ1n) is 9.64. The Morgan fingerprint density at radius 1 is 0.967 bits per heavy atom. The molecule has 5 nitrogen and oxygen atoms in total. The number of benzene rings is 3. The molecular formula is C24H20ClNO4. The Labute approximate surface area is 179 Å². The molecule has 30 heavy (non-hydrogen) atoms. The van der Waals surface area contributed by atoms with Crippen LogP contribution in [0.3, 0.4) is 0 Å². The maximum Gasteiger partial charge on any atom is 0.407 e. The van der Waals surface area contributed by atoms with Crippen molar-refractivity contribution in [1.82, 2.24) is 5.32 Å². The average molecular weight is 422 g/mol. The number of hydrogen-bond acceptors (Lipinski definition) is 3. The number of ether oxygens (including phenoxy) is 1. The minimum atomic E-state index is -1.04. The lowest BCUT2D eigenvalue weighted by Gasteiger charge is -2.14. The summed E-state index contributed by atoms with van der Waals surface area (Å²) in [5.41, 5.74) is 5.53. The van der Waals surface area contributed by atoms with Crippen molar-refractivity contribution < 1.29 is 19.4 Å². The van der Waals surface area contributed by atoms with Gasteiger partial charge in [-0.1, -0.05) is 60.1 Å². The Morgan fingerprint density at radius 3 is 2.23 bits per heavy atom. The van der Waals surface area contributed by atoms with Crippen molar-refractivity contribution in [2.75, 3.05) is 13.2 Å². The van der Waals surface area contributed by atoms with E-state index in [4.69, 9.17) is 21.4 Å². The lowest BCUT2D eigenvalue weighted by atomic mass is 9.98. The van der Waals surface area contributed by atoms with Crippen LogP contribution in [0.2, 0.25) is 5.02 Å². The van der Waals surface area contributed by atoms with Crippen LogP contribution in [0.4, 0.5) is 4.79 Å². The van der Waals surface area contributed by atoms with Gasteiger partial charge in [0.05, 0.1) is 5.56 Å². The molecule has 3 aromatic carbocycles. The van der Waals surface area contributed by atoms with Crippen LogP contribution in [-0.2, 0) is 11.2 Å². The Bertz CT molecular complexity index is 1070. The summed E-state index contributed by atoms with van der Waals surface area (Å²) in [7, 11) is 0. The van der Waals surface area contributed by atoms with Crippen LogP contribution in [0, 0.1) is 0 Å². The van der Waals surface area contributed by atoms with Gasteiger partial charge < -0.3 is 15.2 Å². The molecule has 0 aliphatic heterocycles. The summed E-state index contributed by atoms with van der Waals surface area (Å²) in [4.78, 5) is 23.3. The number of halogens is 1. The number of aromatic carboxylic acids is 1. The van der Waals surface area contributed by atoms with Gasteiger partial charge in [-0.05, 0) is 52.4 Å². The maximum absolute atomic E-state index is 12.2. The van der Waals surface area contributed by atoms with E-state index in [0.29, 0.717) is 18.0 Å². The van der Waals surface area contributed by atoms with Crippen molar-refractivity contribution >= 4 is 23.7 Å². The second-order valence-corrected chi connectivity index (χ2v) is 7.59. The minimum absolute atomic E-state index is 0.00852. The number of amides is 1. The molecule has 1 aliphatic rings. The SMILES string of the molecule is O=C(NCCc1cc(Cl)cc(C(=O)O)c1)OCC1c2ccccc2-c2ccccc21. The van der Waals surface area contributed by atoms with Crippen molar-refractivity contribution in [2.24, 2.45) is 0 Å². The predicted octanol–water partition coefficient (Wildman–Crippen LogP) is 5.12. The van der Waals surface area contributed by atoms with Gasteiger partial charge in [-0.25, -0.2) is 9.59 Å². The molecule has 0 aromatic heterocycles. The summed E-state index contributed by atoms with van der Waals surface area (Å²) >= 11 is 5.97. The summed E-state index contributed by atoms with van der Waals surface area (Å²) in [5.74, 6) is -1.03. The molecule has 1 amide bonds. The van der Waals surface area contributed by atoms with Gasteiger partial charge in [-0.15, -0.1) is 0 Å². The molecular weight excluding hydrogens is 402 g/mol. The van der Waals surface area contributed by atoms with Gasteiger partial charge in [0.25, 0.3) is 0 Å². The first kappa shape index (κ1) is 20.0. The Balaban J connectivity index is 1.34. The zero-order chi connectivity index (χ0) is 21.1. The summed E-state index contributed by atoms with van der Waals surface area (Å²) in [6.07, 6.45) is -0.0530. The molecule has 1 aliphatic carbocycles. The van der Waals surface area contributed by atoms with E-state index >= 15 is 0 Å². The normalized spacial score (nSPS) is 12.2. The van der Waals surface area contributed by atoms with E-state index < -0.39 is 12.1 Å². The Kier molecular flexibility index (Phi) is 5.72. The quantitative estimate of drug-likeness (QED) is 0.579. The topological polar surface area (TPSA) is 75.6 Å². The third-order valence-corrected chi connectivity index (χ3v) is 5.45. The van der Waals surface area contributed by atoms with Gasteiger partial charge in [-0.2, -0.15) is 0 Å². The van der Waals surface area contributed by atoms with E-state index in [-0.39, 0.29) is 18.1 Å². The molecule has 0 atom stereocenters. The number of alkyl carbamates (subject to hydrolysis) is 1. The highest BCUT2D eigenvalue weighted by atomic mass is 35.5. The third kappa shape index (κ3) is 4.16. The summed E-state index contributed by atoms with van der Waals surface area (Å²) < 4.78 is 5.49. The fourth-order valence-electron chi connectivity index (χ4n) is 3.88. The Hall–Kier alpha value is -3.31. The zero-order valence-electron chi connectivity index (χ0n) is 16.1. The van der Waals surface area contributed by atoms with E-state index in [1.54, 1.807) is 12.1 Å². The molecule has 0 saturated heterocycles. The largest absolute Gasteiger partial charge is 0.478 e. The second kappa shape index (κ2) is 8.59. The molecule has 6 heteroatoms. The van der Waals surface area contributed by atoms with Gasteiger partial charge >= 0.3 is 12.1 Å². The van der Waals surface area contributed by atoms with Crippen LogP contribution in [-0.4, -0.2) is 30.3 Å². The number of nitrogens with one attached hydrogen (secondary N) is 1. The molecule has 3 aromatic rings. The molecule has 0 saturated carbocycles. The van der Waals surface area contributed by atoms with Gasteiger partial charge in [0.15, 0.2) is 0 Å². The summed E-state index contributed by atoms with van der Waals surface area (Å²) in [5, 5.41) is 12.2. The molecule has 0 bridgehead atoms. The maximum atomic E-state index is 12.2. The molecule has 2 N–H and O–H groups in total. The first-order chi connectivity index (χ1) is 14.5. The minimum Gasteiger partial charge on any atom is -0.478 e. The smallest absolute Gasteiger partial charge is 0.407 e.